The summed E-state index contributed by atoms with van der Waals surface area (Å²) in [6.45, 7) is 2.74. The number of carbonyl (C=O) groups excluding carboxylic acids is 1. The number of nitrogens with one attached hydrogen (secondary N) is 1. The van der Waals surface area contributed by atoms with Gasteiger partial charge in [0.25, 0.3) is 0 Å². The van der Waals surface area contributed by atoms with Crippen molar-refractivity contribution in [2.75, 3.05) is 12.4 Å². The number of benzene rings is 1. The fraction of sp³-hybridized carbons (Fsp3) is 0.267. The van der Waals surface area contributed by atoms with Gasteiger partial charge in [0, 0.05) is 31.7 Å². The molecule has 1 aromatic carbocycles. The zero-order valence-corrected chi connectivity index (χ0v) is 11.4. The van der Waals surface area contributed by atoms with Gasteiger partial charge in [0.1, 0.15) is 0 Å². The molecule has 1 N–H and O–H groups in total. The molecule has 0 atom stereocenters. The molecule has 2 rings (SSSR count). The second kappa shape index (κ2) is 5.61. The van der Waals surface area contributed by atoms with Crippen molar-refractivity contribution in [1.82, 2.24) is 4.57 Å². The molecule has 0 aliphatic rings. The second-order valence-corrected chi connectivity index (χ2v) is 4.56. The molecule has 2 aromatic rings. The first-order valence-corrected chi connectivity index (χ1v) is 6.14. The van der Waals surface area contributed by atoms with Crippen LogP contribution in [0.1, 0.15) is 21.5 Å². The summed E-state index contributed by atoms with van der Waals surface area (Å²) in [7, 11) is 3.38. The molecular formula is C15H18N2O2. The third kappa shape index (κ3) is 3.16. The molecule has 0 saturated heterocycles. The summed E-state index contributed by atoms with van der Waals surface area (Å²) >= 11 is 0. The van der Waals surface area contributed by atoms with Gasteiger partial charge >= 0.3 is 5.97 Å². The van der Waals surface area contributed by atoms with Crippen LogP contribution in [-0.2, 0) is 18.3 Å². The van der Waals surface area contributed by atoms with E-state index >= 15 is 0 Å². The maximum Gasteiger partial charge on any atom is 0.337 e. The van der Waals surface area contributed by atoms with E-state index in [0.717, 1.165) is 17.8 Å². The largest absolute Gasteiger partial charge is 0.465 e. The summed E-state index contributed by atoms with van der Waals surface area (Å²) in [5, 5.41) is 3.34. The molecule has 4 heteroatoms. The van der Waals surface area contributed by atoms with Crippen LogP contribution in [0.15, 0.2) is 36.7 Å². The zero-order valence-electron chi connectivity index (χ0n) is 11.4. The summed E-state index contributed by atoms with van der Waals surface area (Å²) in [5.41, 5.74) is 3.81. The number of anilines is 1. The lowest BCUT2D eigenvalue weighted by atomic mass is 10.1. The maximum atomic E-state index is 11.5. The molecule has 0 radical (unpaired) electrons. The Kier molecular flexibility index (Phi) is 3.90. The van der Waals surface area contributed by atoms with Crippen molar-refractivity contribution in [3.63, 3.8) is 0 Å². The summed E-state index contributed by atoms with van der Waals surface area (Å²) in [4.78, 5) is 11.5. The predicted octanol–water partition coefficient (Wildman–Crippen LogP) is 2.73. The highest BCUT2D eigenvalue weighted by molar-refractivity contribution is 5.90. The van der Waals surface area contributed by atoms with E-state index in [1.54, 1.807) is 6.07 Å². The van der Waals surface area contributed by atoms with Gasteiger partial charge in [-0.3, -0.25) is 0 Å². The van der Waals surface area contributed by atoms with E-state index in [0.29, 0.717) is 5.56 Å². The van der Waals surface area contributed by atoms with Gasteiger partial charge in [-0.15, -0.1) is 0 Å². The Morgan fingerprint density at radius 3 is 2.79 bits per heavy atom. The number of nitrogens with zero attached hydrogens (tertiary/aromatic N) is 1. The fourth-order valence-electron chi connectivity index (χ4n) is 1.92. The van der Waals surface area contributed by atoms with Crippen LogP contribution < -0.4 is 5.32 Å². The number of hydrogen-bond donors (Lipinski definition) is 1. The first kappa shape index (κ1) is 13.2. The molecule has 1 aromatic heterocycles. The van der Waals surface area contributed by atoms with Crippen LogP contribution in [0.5, 0.6) is 0 Å². The number of aromatic nitrogens is 1. The third-order valence-electron chi connectivity index (χ3n) is 3.03. The van der Waals surface area contributed by atoms with Crippen LogP contribution >= 0.6 is 0 Å². The molecule has 0 unspecified atom stereocenters. The average molecular weight is 258 g/mol. The van der Waals surface area contributed by atoms with Crippen molar-refractivity contribution in [2.45, 2.75) is 13.5 Å². The first-order chi connectivity index (χ1) is 9.10. The Bertz CT molecular complexity index is 588. The lowest BCUT2D eigenvalue weighted by Gasteiger charge is -2.10. The number of rotatable bonds is 4. The summed E-state index contributed by atoms with van der Waals surface area (Å²) in [5.74, 6) is -0.317. The average Bonchev–Trinajstić information content (AvgIpc) is 2.82. The van der Waals surface area contributed by atoms with Gasteiger partial charge in [0.2, 0.25) is 0 Å². The van der Waals surface area contributed by atoms with E-state index in [-0.39, 0.29) is 5.97 Å². The van der Waals surface area contributed by atoms with Crippen LogP contribution in [0.25, 0.3) is 0 Å². The normalized spacial score (nSPS) is 10.3. The molecule has 0 saturated carbocycles. The predicted molar refractivity (Wildman–Crippen MR) is 75.3 cm³/mol. The van der Waals surface area contributed by atoms with Crippen molar-refractivity contribution in [2.24, 2.45) is 7.05 Å². The van der Waals surface area contributed by atoms with Crippen LogP contribution in [0.4, 0.5) is 5.69 Å². The van der Waals surface area contributed by atoms with Crippen molar-refractivity contribution < 1.29 is 9.53 Å². The molecule has 0 bridgehead atoms. The first-order valence-electron chi connectivity index (χ1n) is 6.14. The van der Waals surface area contributed by atoms with E-state index in [2.05, 4.69) is 17.6 Å². The highest BCUT2D eigenvalue weighted by atomic mass is 16.5. The number of hydrogen-bond acceptors (Lipinski definition) is 3. The molecule has 100 valence electrons. The standard InChI is InChI=1S/C15H18N2O2/c1-11-4-5-13(15(18)19-3)8-14(11)16-9-12-6-7-17(2)10-12/h4-8,10,16H,9H2,1-3H3. The second-order valence-electron chi connectivity index (χ2n) is 4.56. The van der Waals surface area contributed by atoms with Crippen molar-refractivity contribution in [1.29, 1.82) is 0 Å². The number of esters is 1. The number of methoxy groups -OCH3 is 1. The van der Waals surface area contributed by atoms with Crippen LogP contribution in [0.2, 0.25) is 0 Å². The van der Waals surface area contributed by atoms with E-state index in [4.69, 9.17) is 4.74 Å². The SMILES string of the molecule is COC(=O)c1ccc(C)c(NCc2ccn(C)c2)c1. The molecule has 19 heavy (non-hydrogen) atoms. The molecule has 1 heterocycles. The molecule has 0 fully saturated rings. The minimum atomic E-state index is -0.317. The molecule has 4 nitrogen and oxygen atoms in total. The lowest BCUT2D eigenvalue weighted by Crippen LogP contribution is -2.05. The van der Waals surface area contributed by atoms with E-state index in [1.165, 1.54) is 12.7 Å². The Balaban J connectivity index is 2.12. The van der Waals surface area contributed by atoms with Gasteiger partial charge in [-0.1, -0.05) is 6.07 Å². The highest BCUT2D eigenvalue weighted by Crippen LogP contribution is 2.18. The van der Waals surface area contributed by atoms with E-state index in [9.17, 15) is 4.79 Å². The lowest BCUT2D eigenvalue weighted by molar-refractivity contribution is 0.0601. The van der Waals surface area contributed by atoms with Crippen molar-refractivity contribution >= 4 is 11.7 Å². The van der Waals surface area contributed by atoms with Crippen molar-refractivity contribution in [3.05, 3.63) is 53.3 Å². The Labute approximate surface area is 113 Å². The zero-order chi connectivity index (χ0) is 13.8. The van der Waals surface area contributed by atoms with Crippen LogP contribution in [-0.4, -0.2) is 17.6 Å². The maximum absolute atomic E-state index is 11.5. The van der Waals surface area contributed by atoms with Crippen LogP contribution in [0, 0.1) is 6.92 Å². The van der Waals surface area contributed by atoms with Gasteiger partial charge in [0.15, 0.2) is 0 Å². The monoisotopic (exact) mass is 258 g/mol. The Hall–Kier alpha value is -2.23. The van der Waals surface area contributed by atoms with Gasteiger partial charge in [-0.05, 0) is 36.2 Å². The minimum Gasteiger partial charge on any atom is -0.465 e. The third-order valence-corrected chi connectivity index (χ3v) is 3.03. The van der Waals surface area contributed by atoms with Gasteiger partial charge < -0.3 is 14.6 Å². The molecule has 0 spiro atoms. The summed E-state index contributed by atoms with van der Waals surface area (Å²) < 4.78 is 6.74. The van der Waals surface area contributed by atoms with Gasteiger partial charge in [-0.2, -0.15) is 0 Å². The van der Waals surface area contributed by atoms with E-state index in [1.807, 2.05) is 36.9 Å². The Morgan fingerprint density at radius 1 is 1.37 bits per heavy atom. The minimum absolute atomic E-state index is 0.317. The van der Waals surface area contributed by atoms with Crippen molar-refractivity contribution in [3.8, 4) is 0 Å². The van der Waals surface area contributed by atoms with E-state index < -0.39 is 0 Å². The molecule has 0 aliphatic heterocycles. The Morgan fingerprint density at radius 2 is 2.16 bits per heavy atom. The van der Waals surface area contributed by atoms with Gasteiger partial charge in [0.05, 0.1) is 12.7 Å². The topological polar surface area (TPSA) is 43.3 Å². The molecule has 0 amide bonds. The van der Waals surface area contributed by atoms with Crippen LogP contribution in [0.3, 0.4) is 0 Å². The summed E-state index contributed by atoms with van der Waals surface area (Å²) in [6.07, 6.45) is 4.07. The quantitative estimate of drug-likeness (QED) is 0.857. The fourth-order valence-corrected chi connectivity index (χ4v) is 1.92. The molecule has 0 aliphatic carbocycles. The number of aryl methyl sites for hydroxylation is 2. The summed E-state index contributed by atoms with van der Waals surface area (Å²) in [6, 6.07) is 7.57. The number of carbonyl (C=O) groups is 1. The highest BCUT2D eigenvalue weighted by Gasteiger charge is 2.07. The smallest absolute Gasteiger partial charge is 0.337 e. The van der Waals surface area contributed by atoms with Gasteiger partial charge in [-0.25, -0.2) is 4.79 Å². The number of ether oxygens (including phenoxy) is 1. The molecular weight excluding hydrogens is 240 g/mol.